The largest absolute Gasteiger partial charge is 0.497 e. The van der Waals surface area contributed by atoms with Crippen LogP contribution in [0, 0.1) is 0 Å². The molecule has 25 heavy (non-hydrogen) atoms. The van der Waals surface area contributed by atoms with Crippen LogP contribution in [0.3, 0.4) is 0 Å². The molecule has 132 valence electrons. The van der Waals surface area contributed by atoms with E-state index in [9.17, 15) is 4.79 Å². The summed E-state index contributed by atoms with van der Waals surface area (Å²) in [6.45, 7) is 6.81. The van der Waals surface area contributed by atoms with E-state index in [1.165, 1.54) is 5.56 Å². The van der Waals surface area contributed by atoms with Crippen molar-refractivity contribution >= 4 is 5.91 Å². The van der Waals surface area contributed by atoms with E-state index in [1.54, 1.807) is 7.11 Å². The Morgan fingerprint density at radius 3 is 2.36 bits per heavy atom. The smallest absolute Gasteiger partial charge is 0.254 e. The Hall–Kier alpha value is -2.33. The van der Waals surface area contributed by atoms with Crippen molar-refractivity contribution in [3.05, 3.63) is 65.7 Å². The van der Waals surface area contributed by atoms with E-state index >= 15 is 0 Å². The molecule has 1 amide bonds. The Balaban J connectivity index is 1.69. The van der Waals surface area contributed by atoms with Gasteiger partial charge in [0.15, 0.2) is 0 Å². The van der Waals surface area contributed by atoms with Gasteiger partial charge in [0.25, 0.3) is 5.91 Å². The van der Waals surface area contributed by atoms with E-state index in [4.69, 9.17) is 4.74 Å². The van der Waals surface area contributed by atoms with Gasteiger partial charge in [-0.2, -0.15) is 0 Å². The molecule has 2 aromatic carbocycles. The Bertz CT molecular complexity index is 705. The summed E-state index contributed by atoms with van der Waals surface area (Å²) < 4.78 is 5.24. The lowest BCUT2D eigenvalue weighted by molar-refractivity contribution is 0.0269. The molecule has 0 bridgehead atoms. The third-order valence-corrected chi connectivity index (χ3v) is 4.91. The van der Waals surface area contributed by atoms with Gasteiger partial charge < -0.3 is 9.64 Å². The molecule has 0 aliphatic carbocycles. The van der Waals surface area contributed by atoms with Gasteiger partial charge in [0, 0.05) is 37.3 Å². The van der Waals surface area contributed by atoms with Crippen LogP contribution in [0.2, 0.25) is 0 Å². The first-order valence-corrected chi connectivity index (χ1v) is 8.81. The van der Waals surface area contributed by atoms with E-state index in [2.05, 4.69) is 43.0 Å². The zero-order chi connectivity index (χ0) is 17.8. The molecule has 1 fully saturated rings. The van der Waals surface area contributed by atoms with Crippen LogP contribution >= 0.6 is 0 Å². The summed E-state index contributed by atoms with van der Waals surface area (Å²) in [6, 6.07) is 18.5. The highest BCUT2D eigenvalue weighted by atomic mass is 16.5. The van der Waals surface area contributed by atoms with E-state index in [0.717, 1.165) is 25.4 Å². The molecular formula is C21H26N2O2. The Morgan fingerprint density at radius 1 is 1.04 bits per heavy atom. The van der Waals surface area contributed by atoms with Gasteiger partial charge in [-0.1, -0.05) is 36.4 Å². The highest BCUT2D eigenvalue weighted by molar-refractivity contribution is 5.94. The van der Waals surface area contributed by atoms with Crippen molar-refractivity contribution in [1.29, 1.82) is 0 Å². The Morgan fingerprint density at radius 2 is 1.72 bits per heavy atom. The quantitative estimate of drug-likeness (QED) is 0.856. The fourth-order valence-corrected chi connectivity index (χ4v) is 3.57. The number of piperazine rings is 1. The van der Waals surface area contributed by atoms with Gasteiger partial charge in [0.05, 0.1) is 7.11 Å². The van der Waals surface area contributed by atoms with E-state index in [-0.39, 0.29) is 5.91 Å². The van der Waals surface area contributed by atoms with Gasteiger partial charge in [-0.25, -0.2) is 0 Å². The van der Waals surface area contributed by atoms with Crippen LogP contribution in [0.25, 0.3) is 0 Å². The zero-order valence-corrected chi connectivity index (χ0v) is 15.2. The number of methoxy groups -OCH3 is 1. The first kappa shape index (κ1) is 17.5. The topological polar surface area (TPSA) is 32.8 Å². The van der Waals surface area contributed by atoms with E-state index in [1.807, 2.05) is 35.2 Å². The van der Waals surface area contributed by atoms with Crippen molar-refractivity contribution in [3.8, 4) is 5.75 Å². The van der Waals surface area contributed by atoms with Gasteiger partial charge >= 0.3 is 0 Å². The molecule has 2 unspecified atom stereocenters. The number of amides is 1. The van der Waals surface area contributed by atoms with Crippen LogP contribution in [0.1, 0.15) is 29.8 Å². The molecule has 0 spiro atoms. The van der Waals surface area contributed by atoms with Crippen LogP contribution < -0.4 is 4.74 Å². The molecule has 1 aliphatic heterocycles. The van der Waals surface area contributed by atoms with Crippen molar-refractivity contribution in [2.75, 3.05) is 20.2 Å². The molecule has 0 radical (unpaired) electrons. The number of ether oxygens (including phenoxy) is 1. The van der Waals surface area contributed by atoms with E-state index in [0.29, 0.717) is 17.6 Å². The van der Waals surface area contributed by atoms with Gasteiger partial charge in [-0.3, -0.25) is 9.69 Å². The number of benzene rings is 2. The standard InChI is InChI=1S/C21H26N2O2/c1-16-13-22(21(24)19-10-7-11-20(12-19)25-3)14-17(2)23(16)15-18-8-5-4-6-9-18/h4-12,16-17H,13-15H2,1-3H3. The zero-order valence-electron chi connectivity index (χ0n) is 15.2. The number of nitrogens with zero attached hydrogens (tertiary/aromatic N) is 2. The van der Waals surface area contributed by atoms with Gasteiger partial charge in [0.1, 0.15) is 5.75 Å². The molecule has 4 nitrogen and oxygen atoms in total. The van der Waals surface area contributed by atoms with Crippen LogP contribution in [-0.2, 0) is 6.54 Å². The summed E-state index contributed by atoms with van der Waals surface area (Å²) in [6.07, 6.45) is 0. The van der Waals surface area contributed by atoms with Crippen molar-refractivity contribution < 1.29 is 9.53 Å². The fourth-order valence-electron chi connectivity index (χ4n) is 3.57. The average molecular weight is 338 g/mol. The Labute approximate surface area is 150 Å². The minimum atomic E-state index is 0.0805. The number of hydrogen-bond acceptors (Lipinski definition) is 3. The molecule has 1 heterocycles. The first-order chi connectivity index (χ1) is 12.1. The Kier molecular flexibility index (Phi) is 5.39. The van der Waals surface area contributed by atoms with Crippen LogP contribution in [-0.4, -0.2) is 48.0 Å². The van der Waals surface area contributed by atoms with Crippen LogP contribution in [0.15, 0.2) is 54.6 Å². The molecule has 3 rings (SSSR count). The summed E-state index contributed by atoms with van der Waals surface area (Å²) in [4.78, 5) is 17.3. The molecule has 4 heteroatoms. The monoisotopic (exact) mass is 338 g/mol. The molecule has 2 aromatic rings. The summed E-state index contributed by atoms with van der Waals surface area (Å²) in [5.74, 6) is 0.798. The molecule has 1 aliphatic rings. The second-order valence-corrected chi connectivity index (χ2v) is 6.80. The maximum absolute atomic E-state index is 12.9. The van der Waals surface area contributed by atoms with Crippen molar-refractivity contribution in [2.45, 2.75) is 32.5 Å². The second kappa shape index (κ2) is 7.70. The summed E-state index contributed by atoms with van der Waals surface area (Å²) >= 11 is 0. The van der Waals surface area contributed by atoms with Gasteiger partial charge in [0.2, 0.25) is 0 Å². The van der Waals surface area contributed by atoms with Crippen LogP contribution in [0.4, 0.5) is 0 Å². The normalized spacial score (nSPS) is 21.2. The highest BCUT2D eigenvalue weighted by Crippen LogP contribution is 2.22. The minimum absolute atomic E-state index is 0.0805. The summed E-state index contributed by atoms with van der Waals surface area (Å²) in [5, 5.41) is 0. The number of rotatable bonds is 4. The predicted octanol–water partition coefficient (Wildman–Crippen LogP) is 3.43. The molecule has 1 saturated heterocycles. The molecule has 0 saturated carbocycles. The lowest BCUT2D eigenvalue weighted by atomic mass is 10.0. The highest BCUT2D eigenvalue weighted by Gasteiger charge is 2.32. The fraction of sp³-hybridized carbons (Fsp3) is 0.381. The predicted molar refractivity (Wildman–Crippen MR) is 99.8 cm³/mol. The second-order valence-electron chi connectivity index (χ2n) is 6.80. The molecule has 0 aromatic heterocycles. The van der Waals surface area contributed by atoms with Gasteiger partial charge in [-0.15, -0.1) is 0 Å². The van der Waals surface area contributed by atoms with Crippen molar-refractivity contribution in [1.82, 2.24) is 9.80 Å². The number of carbonyl (C=O) groups is 1. The SMILES string of the molecule is COc1cccc(C(=O)N2CC(C)N(Cc3ccccc3)C(C)C2)c1. The third-order valence-electron chi connectivity index (χ3n) is 4.91. The van der Waals surface area contributed by atoms with E-state index < -0.39 is 0 Å². The van der Waals surface area contributed by atoms with Crippen molar-refractivity contribution in [3.63, 3.8) is 0 Å². The molecule has 2 atom stereocenters. The minimum Gasteiger partial charge on any atom is -0.497 e. The van der Waals surface area contributed by atoms with Crippen molar-refractivity contribution in [2.24, 2.45) is 0 Å². The average Bonchev–Trinajstić information content (AvgIpc) is 2.64. The maximum Gasteiger partial charge on any atom is 0.254 e. The lowest BCUT2D eigenvalue weighted by Gasteiger charge is -2.44. The number of carbonyl (C=O) groups excluding carboxylic acids is 1. The molecule has 0 N–H and O–H groups in total. The van der Waals surface area contributed by atoms with Crippen LogP contribution in [0.5, 0.6) is 5.75 Å². The lowest BCUT2D eigenvalue weighted by Crippen LogP contribution is -2.57. The summed E-state index contributed by atoms with van der Waals surface area (Å²) in [7, 11) is 1.62. The molecular weight excluding hydrogens is 312 g/mol. The maximum atomic E-state index is 12.9. The third kappa shape index (κ3) is 4.02. The van der Waals surface area contributed by atoms with Gasteiger partial charge in [-0.05, 0) is 37.6 Å². The number of hydrogen-bond donors (Lipinski definition) is 0. The first-order valence-electron chi connectivity index (χ1n) is 8.81. The summed E-state index contributed by atoms with van der Waals surface area (Å²) in [5.41, 5.74) is 2.00.